The van der Waals surface area contributed by atoms with Crippen LogP contribution in [0.2, 0.25) is 0 Å². The van der Waals surface area contributed by atoms with Crippen LogP contribution in [0.25, 0.3) is 0 Å². The molecule has 0 unspecified atom stereocenters. The summed E-state index contributed by atoms with van der Waals surface area (Å²) in [7, 11) is 1.34. The van der Waals surface area contributed by atoms with E-state index in [4.69, 9.17) is 9.57 Å². The van der Waals surface area contributed by atoms with E-state index in [0.717, 1.165) is 11.1 Å². The first-order valence-electron chi connectivity index (χ1n) is 8.03. The van der Waals surface area contributed by atoms with E-state index in [0.29, 0.717) is 11.3 Å². The molecule has 27 heavy (non-hydrogen) atoms. The van der Waals surface area contributed by atoms with Crippen LogP contribution in [0.4, 0.5) is 14.5 Å². The predicted molar refractivity (Wildman–Crippen MR) is 97.7 cm³/mol. The number of amides is 1. The largest absolute Gasteiger partial charge is 0.493 e. The number of hydrogen-bond acceptors (Lipinski definition) is 5. The Bertz CT molecular complexity index is 805. The molecule has 0 spiro atoms. The van der Waals surface area contributed by atoms with E-state index < -0.39 is 6.61 Å². The topological polar surface area (TPSA) is 69.2 Å². The second-order valence-electron chi connectivity index (χ2n) is 5.72. The van der Waals surface area contributed by atoms with Crippen molar-refractivity contribution in [3.63, 3.8) is 0 Å². The third-order valence-corrected chi connectivity index (χ3v) is 3.38. The summed E-state index contributed by atoms with van der Waals surface area (Å²) in [5.74, 6) is -0.305. The van der Waals surface area contributed by atoms with Crippen LogP contribution in [0.1, 0.15) is 16.7 Å². The first-order chi connectivity index (χ1) is 12.9. The van der Waals surface area contributed by atoms with Crippen LogP contribution in [0, 0.1) is 13.8 Å². The van der Waals surface area contributed by atoms with Gasteiger partial charge in [-0.15, -0.1) is 0 Å². The van der Waals surface area contributed by atoms with Gasteiger partial charge in [0.05, 0.1) is 13.3 Å². The lowest BCUT2D eigenvalue weighted by Gasteiger charge is -2.10. The van der Waals surface area contributed by atoms with Crippen molar-refractivity contribution < 1.29 is 27.9 Å². The number of carbonyl (C=O) groups is 1. The predicted octanol–water partition coefficient (Wildman–Crippen LogP) is 3.90. The molecule has 1 N–H and O–H groups in total. The zero-order chi connectivity index (χ0) is 19.8. The fourth-order valence-corrected chi connectivity index (χ4v) is 2.40. The second kappa shape index (κ2) is 9.51. The number of oxime groups is 1. The number of carbonyl (C=O) groups excluding carboxylic acids is 1. The minimum absolute atomic E-state index is 0.0848. The summed E-state index contributed by atoms with van der Waals surface area (Å²) in [6.45, 7) is 0.662. The Balaban J connectivity index is 1.88. The van der Waals surface area contributed by atoms with Crippen LogP contribution in [0.15, 0.2) is 41.6 Å². The van der Waals surface area contributed by atoms with Gasteiger partial charge in [0, 0.05) is 11.3 Å². The summed E-state index contributed by atoms with van der Waals surface area (Å²) in [5.41, 5.74) is 3.29. The second-order valence-corrected chi connectivity index (χ2v) is 5.72. The third kappa shape index (κ3) is 6.58. The number of ether oxygens (including phenoxy) is 2. The van der Waals surface area contributed by atoms with Gasteiger partial charge in [-0.1, -0.05) is 11.2 Å². The van der Waals surface area contributed by atoms with Crippen LogP contribution in [-0.2, 0) is 9.63 Å². The van der Waals surface area contributed by atoms with E-state index in [9.17, 15) is 13.6 Å². The van der Waals surface area contributed by atoms with E-state index in [1.165, 1.54) is 31.5 Å². The molecule has 0 aliphatic carbocycles. The van der Waals surface area contributed by atoms with Crippen LogP contribution in [0.5, 0.6) is 11.5 Å². The summed E-state index contributed by atoms with van der Waals surface area (Å²) < 4.78 is 33.9. The van der Waals surface area contributed by atoms with Crippen molar-refractivity contribution in [2.45, 2.75) is 20.5 Å². The average molecular weight is 378 g/mol. The van der Waals surface area contributed by atoms with Crippen molar-refractivity contribution in [1.82, 2.24) is 0 Å². The molecule has 8 heteroatoms. The van der Waals surface area contributed by atoms with Gasteiger partial charge in [0.2, 0.25) is 0 Å². The molecule has 0 aliphatic rings. The molecule has 1 amide bonds. The maximum Gasteiger partial charge on any atom is 0.387 e. The van der Waals surface area contributed by atoms with Gasteiger partial charge in [-0.25, -0.2) is 0 Å². The molecular weight excluding hydrogens is 358 g/mol. The maximum atomic E-state index is 12.3. The van der Waals surface area contributed by atoms with Crippen molar-refractivity contribution >= 4 is 17.8 Å². The number of methoxy groups -OCH3 is 1. The molecule has 0 saturated carbocycles. The summed E-state index contributed by atoms with van der Waals surface area (Å²) in [4.78, 5) is 16.8. The van der Waals surface area contributed by atoms with E-state index in [-0.39, 0.29) is 24.0 Å². The molecule has 0 atom stereocenters. The Morgan fingerprint density at radius 3 is 2.48 bits per heavy atom. The third-order valence-electron chi connectivity index (χ3n) is 3.38. The Morgan fingerprint density at radius 2 is 1.85 bits per heavy atom. The number of hydrogen-bond donors (Lipinski definition) is 1. The van der Waals surface area contributed by atoms with E-state index in [2.05, 4.69) is 15.2 Å². The molecule has 0 heterocycles. The fourth-order valence-electron chi connectivity index (χ4n) is 2.40. The van der Waals surface area contributed by atoms with Gasteiger partial charge in [-0.2, -0.15) is 8.78 Å². The number of anilines is 1. The van der Waals surface area contributed by atoms with Crippen molar-refractivity contribution in [1.29, 1.82) is 0 Å². The van der Waals surface area contributed by atoms with Crippen molar-refractivity contribution in [2.24, 2.45) is 5.16 Å². The van der Waals surface area contributed by atoms with Crippen LogP contribution in [0.3, 0.4) is 0 Å². The molecule has 0 aliphatic heterocycles. The number of nitrogens with zero attached hydrogens (tertiary/aromatic N) is 1. The molecule has 6 nitrogen and oxygen atoms in total. The molecule has 0 radical (unpaired) electrons. The zero-order valence-electron chi connectivity index (χ0n) is 15.2. The van der Waals surface area contributed by atoms with Crippen molar-refractivity contribution in [3.8, 4) is 11.5 Å². The highest BCUT2D eigenvalue weighted by molar-refractivity contribution is 5.92. The number of benzene rings is 2. The molecule has 0 aromatic heterocycles. The quantitative estimate of drug-likeness (QED) is 0.559. The SMILES string of the molecule is COc1cc(/C=N/OCC(=O)Nc2cc(C)cc(C)c2)ccc1OC(F)F. The Labute approximate surface area is 155 Å². The molecular formula is C19H20F2N2O4. The number of alkyl halides is 2. The van der Waals surface area contributed by atoms with E-state index in [1.807, 2.05) is 32.0 Å². The van der Waals surface area contributed by atoms with Gasteiger partial charge in [-0.05, 0) is 55.3 Å². The minimum Gasteiger partial charge on any atom is -0.493 e. The number of aryl methyl sites for hydroxylation is 2. The van der Waals surface area contributed by atoms with Crippen molar-refractivity contribution in [3.05, 3.63) is 53.1 Å². The molecule has 2 rings (SSSR count). The lowest BCUT2D eigenvalue weighted by atomic mass is 10.1. The van der Waals surface area contributed by atoms with Gasteiger partial charge in [-0.3, -0.25) is 4.79 Å². The minimum atomic E-state index is -2.95. The highest BCUT2D eigenvalue weighted by Gasteiger charge is 2.10. The van der Waals surface area contributed by atoms with Crippen LogP contribution in [-0.4, -0.2) is 32.4 Å². The van der Waals surface area contributed by atoms with Crippen molar-refractivity contribution in [2.75, 3.05) is 19.0 Å². The smallest absolute Gasteiger partial charge is 0.387 e. The summed E-state index contributed by atoms with van der Waals surface area (Å²) >= 11 is 0. The highest BCUT2D eigenvalue weighted by atomic mass is 19.3. The zero-order valence-corrected chi connectivity index (χ0v) is 15.2. The van der Waals surface area contributed by atoms with Crippen LogP contribution >= 0.6 is 0 Å². The van der Waals surface area contributed by atoms with Gasteiger partial charge >= 0.3 is 6.61 Å². The summed E-state index contributed by atoms with van der Waals surface area (Å²) in [6, 6.07) is 10.00. The molecule has 0 fully saturated rings. The molecule has 2 aromatic carbocycles. The monoisotopic (exact) mass is 378 g/mol. The first-order valence-corrected chi connectivity index (χ1v) is 8.03. The average Bonchev–Trinajstić information content (AvgIpc) is 2.58. The molecule has 2 aromatic rings. The van der Waals surface area contributed by atoms with Gasteiger partial charge < -0.3 is 19.6 Å². The molecule has 0 saturated heterocycles. The Morgan fingerprint density at radius 1 is 1.15 bits per heavy atom. The highest BCUT2D eigenvalue weighted by Crippen LogP contribution is 2.28. The maximum absolute atomic E-state index is 12.3. The summed E-state index contributed by atoms with van der Waals surface area (Å²) in [6.07, 6.45) is 1.33. The van der Waals surface area contributed by atoms with E-state index in [1.54, 1.807) is 0 Å². The Hall–Kier alpha value is -3.16. The van der Waals surface area contributed by atoms with Gasteiger partial charge in [0.25, 0.3) is 5.91 Å². The summed E-state index contributed by atoms with van der Waals surface area (Å²) in [5, 5.41) is 6.41. The van der Waals surface area contributed by atoms with Crippen LogP contribution < -0.4 is 14.8 Å². The first kappa shape index (κ1) is 20.2. The normalized spacial score (nSPS) is 10.9. The van der Waals surface area contributed by atoms with E-state index >= 15 is 0 Å². The standard InChI is InChI=1S/C19H20F2N2O4/c1-12-6-13(2)8-15(7-12)23-18(24)11-26-22-10-14-4-5-16(27-19(20)21)17(9-14)25-3/h4-10,19H,11H2,1-3H3,(H,23,24)/b22-10+. The van der Waals surface area contributed by atoms with Gasteiger partial charge in [0.1, 0.15) is 0 Å². The Kier molecular flexibility index (Phi) is 7.10. The fraction of sp³-hybridized carbons (Fsp3) is 0.263. The lowest BCUT2D eigenvalue weighted by Crippen LogP contribution is -2.17. The molecule has 144 valence electrons. The lowest BCUT2D eigenvalue weighted by molar-refractivity contribution is -0.120. The molecule has 0 bridgehead atoms. The number of nitrogens with one attached hydrogen (secondary N) is 1. The number of rotatable bonds is 8. The van der Waals surface area contributed by atoms with Gasteiger partial charge in [0.15, 0.2) is 18.1 Å². The number of halogens is 2.